The maximum Gasteiger partial charge on any atom is 0.222 e. The quantitative estimate of drug-likeness (QED) is 0.755. The largest absolute Gasteiger partial charge is 0.494 e. The lowest BCUT2D eigenvalue weighted by Gasteiger charge is -2.34. The lowest BCUT2D eigenvalue weighted by atomic mass is 10.2. The lowest BCUT2D eigenvalue weighted by molar-refractivity contribution is -0.131. The van der Waals surface area contributed by atoms with Gasteiger partial charge < -0.3 is 14.5 Å². The van der Waals surface area contributed by atoms with Gasteiger partial charge in [0.1, 0.15) is 5.75 Å². The molecule has 0 bridgehead atoms. The van der Waals surface area contributed by atoms with E-state index in [1.54, 1.807) is 11.3 Å². The van der Waals surface area contributed by atoms with Gasteiger partial charge in [-0.15, -0.1) is 11.3 Å². The maximum atomic E-state index is 12.3. The number of piperazine rings is 1. The van der Waals surface area contributed by atoms with Crippen LogP contribution in [0, 0.1) is 6.92 Å². The Balaban J connectivity index is 1.35. The van der Waals surface area contributed by atoms with Gasteiger partial charge in [0.15, 0.2) is 5.13 Å². The van der Waals surface area contributed by atoms with E-state index in [1.807, 2.05) is 47.7 Å². The van der Waals surface area contributed by atoms with Gasteiger partial charge >= 0.3 is 0 Å². The number of aryl methyl sites for hydroxylation is 1. The van der Waals surface area contributed by atoms with Crippen molar-refractivity contribution in [2.24, 2.45) is 0 Å². The van der Waals surface area contributed by atoms with Crippen LogP contribution in [-0.2, 0) is 4.79 Å². The highest BCUT2D eigenvalue weighted by molar-refractivity contribution is 7.13. The van der Waals surface area contributed by atoms with Gasteiger partial charge in [0.2, 0.25) is 5.91 Å². The molecule has 0 radical (unpaired) electrons. The van der Waals surface area contributed by atoms with Crippen LogP contribution in [0.4, 0.5) is 5.13 Å². The molecule has 3 rings (SSSR count). The molecule has 2 heterocycles. The van der Waals surface area contributed by atoms with Gasteiger partial charge in [-0.25, -0.2) is 4.98 Å². The van der Waals surface area contributed by atoms with Crippen molar-refractivity contribution in [1.29, 1.82) is 0 Å². The molecule has 1 aromatic carbocycles. The van der Waals surface area contributed by atoms with Crippen LogP contribution < -0.4 is 9.64 Å². The Labute approximate surface area is 146 Å². The fourth-order valence-corrected chi connectivity index (χ4v) is 3.49. The Morgan fingerprint density at radius 3 is 2.83 bits per heavy atom. The van der Waals surface area contributed by atoms with Gasteiger partial charge in [-0.2, -0.15) is 0 Å². The summed E-state index contributed by atoms with van der Waals surface area (Å²) in [6, 6.07) is 7.99. The molecule has 0 spiro atoms. The van der Waals surface area contributed by atoms with Gasteiger partial charge in [0.05, 0.1) is 6.61 Å². The minimum Gasteiger partial charge on any atom is -0.494 e. The molecule has 24 heavy (non-hydrogen) atoms. The van der Waals surface area contributed by atoms with Gasteiger partial charge in [-0.1, -0.05) is 12.1 Å². The van der Waals surface area contributed by atoms with E-state index < -0.39 is 0 Å². The van der Waals surface area contributed by atoms with Crippen molar-refractivity contribution < 1.29 is 9.53 Å². The first-order valence-electron chi connectivity index (χ1n) is 8.34. The van der Waals surface area contributed by atoms with Gasteiger partial charge in [0, 0.05) is 44.2 Å². The van der Waals surface area contributed by atoms with Crippen molar-refractivity contribution >= 4 is 22.4 Å². The number of benzene rings is 1. The molecule has 1 aromatic heterocycles. The van der Waals surface area contributed by atoms with Crippen molar-refractivity contribution in [3.63, 3.8) is 0 Å². The molecule has 0 atom stereocenters. The number of thiazole rings is 1. The monoisotopic (exact) mass is 345 g/mol. The molecule has 1 aliphatic rings. The minimum absolute atomic E-state index is 0.224. The molecule has 1 saturated heterocycles. The molecule has 0 aliphatic carbocycles. The summed E-state index contributed by atoms with van der Waals surface area (Å²) in [4.78, 5) is 20.8. The second-order valence-corrected chi connectivity index (χ2v) is 6.82. The zero-order chi connectivity index (χ0) is 16.8. The number of amides is 1. The topological polar surface area (TPSA) is 45.7 Å². The molecule has 1 fully saturated rings. The Hall–Kier alpha value is -2.08. The van der Waals surface area contributed by atoms with E-state index in [0.717, 1.165) is 43.5 Å². The van der Waals surface area contributed by atoms with Crippen LogP contribution in [0.3, 0.4) is 0 Å². The number of ether oxygens (including phenoxy) is 1. The van der Waals surface area contributed by atoms with E-state index in [0.29, 0.717) is 13.0 Å². The summed E-state index contributed by atoms with van der Waals surface area (Å²) < 4.78 is 5.70. The number of hydrogen-bond acceptors (Lipinski definition) is 5. The van der Waals surface area contributed by atoms with Gasteiger partial charge in [-0.05, 0) is 31.0 Å². The Kier molecular flexibility index (Phi) is 5.69. The summed E-state index contributed by atoms with van der Waals surface area (Å²) in [7, 11) is 0. The number of hydrogen-bond donors (Lipinski definition) is 0. The number of carbonyl (C=O) groups excluding carboxylic acids is 1. The summed E-state index contributed by atoms with van der Waals surface area (Å²) in [5.74, 6) is 1.10. The Bertz CT molecular complexity index is 652. The third kappa shape index (κ3) is 4.47. The molecular weight excluding hydrogens is 322 g/mol. The third-order valence-corrected chi connectivity index (χ3v) is 4.95. The highest BCUT2D eigenvalue weighted by Crippen LogP contribution is 2.19. The molecular formula is C18H23N3O2S. The Morgan fingerprint density at radius 1 is 1.29 bits per heavy atom. The fraction of sp³-hybridized carbons (Fsp3) is 0.444. The van der Waals surface area contributed by atoms with E-state index in [4.69, 9.17) is 4.74 Å². The number of rotatable bonds is 6. The van der Waals surface area contributed by atoms with Crippen LogP contribution in [0.5, 0.6) is 5.75 Å². The van der Waals surface area contributed by atoms with Gasteiger partial charge in [0.25, 0.3) is 0 Å². The van der Waals surface area contributed by atoms with Crippen LogP contribution in [0.1, 0.15) is 18.4 Å². The van der Waals surface area contributed by atoms with Crippen molar-refractivity contribution in [2.45, 2.75) is 19.8 Å². The molecule has 1 aliphatic heterocycles. The van der Waals surface area contributed by atoms with E-state index in [2.05, 4.69) is 9.88 Å². The van der Waals surface area contributed by atoms with Crippen molar-refractivity contribution in [3.8, 4) is 5.75 Å². The van der Waals surface area contributed by atoms with Crippen molar-refractivity contribution in [3.05, 3.63) is 41.4 Å². The van der Waals surface area contributed by atoms with Gasteiger partial charge in [-0.3, -0.25) is 4.79 Å². The third-order valence-electron chi connectivity index (χ3n) is 4.12. The first-order chi connectivity index (χ1) is 11.7. The van der Waals surface area contributed by atoms with Crippen molar-refractivity contribution in [1.82, 2.24) is 9.88 Å². The summed E-state index contributed by atoms with van der Waals surface area (Å²) in [6.45, 7) is 5.89. The molecule has 0 unspecified atom stereocenters. The lowest BCUT2D eigenvalue weighted by Crippen LogP contribution is -2.48. The van der Waals surface area contributed by atoms with Crippen LogP contribution >= 0.6 is 11.3 Å². The van der Waals surface area contributed by atoms with Crippen LogP contribution in [0.25, 0.3) is 0 Å². The summed E-state index contributed by atoms with van der Waals surface area (Å²) in [5, 5.41) is 3.04. The zero-order valence-electron chi connectivity index (χ0n) is 14.0. The SMILES string of the molecule is Cc1cccc(OCCCC(=O)N2CCN(c3nccs3)CC2)c1. The second-order valence-electron chi connectivity index (χ2n) is 5.95. The van der Waals surface area contributed by atoms with Crippen LogP contribution in [0.2, 0.25) is 0 Å². The molecule has 5 nitrogen and oxygen atoms in total. The summed E-state index contributed by atoms with van der Waals surface area (Å²) in [5.41, 5.74) is 1.18. The number of anilines is 1. The molecule has 6 heteroatoms. The first-order valence-corrected chi connectivity index (χ1v) is 9.22. The van der Waals surface area contributed by atoms with E-state index >= 15 is 0 Å². The smallest absolute Gasteiger partial charge is 0.222 e. The highest BCUT2D eigenvalue weighted by Gasteiger charge is 2.21. The standard InChI is InChI=1S/C18H23N3O2S/c1-15-4-2-5-16(14-15)23-12-3-6-17(22)20-8-10-21(11-9-20)18-19-7-13-24-18/h2,4-5,7,13-14H,3,6,8-12H2,1H3. The summed E-state index contributed by atoms with van der Waals surface area (Å²) in [6.07, 6.45) is 3.12. The minimum atomic E-state index is 0.224. The fourth-order valence-electron chi connectivity index (χ4n) is 2.80. The first kappa shape index (κ1) is 16.8. The molecule has 0 saturated carbocycles. The average Bonchev–Trinajstić information content (AvgIpc) is 3.13. The number of nitrogens with zero attached hydrogens (tertiary/aromatic N) is 3. The molecule has 1 amide bonds. The zero-order valence-corrected chi connectivity index (χ0v) is 14.8. The predicted molar refractivity (Wildman–Crippen MR) is 96.8 cm³/mol. The molecule has 128 valence electrons. The normalized spacial score (nSPS) is 14.7. The maximum absolute atomic E-state index is 12.3. The van der Waals surface area contributed by atoms with E-state index in [1.165, 1.54) is 5.56 Å². The number of carbonyl (C=O) groups is 1. The van der Waals surface area contributed by atoms with Crippen LogP contribution in [-0.4, -0.2) is 48.6 Å². The van der Waals surface area contributed by atoms with Crippen molar-refractivity contribution in [2.75, 3.05) is 37.7 Å². The van der Waals surface area contributed by atoms with E-state index in [-0.39, 0.29) is 5.91 Å². The summed E-state index contributed by atoms with van der Waals surface area (Å²) >= 11 is 1.65. The average molecular weight is 345 g/mol. The predicted octanol–water partition coefficient (Wildman–Crippen LogP) is 2.96. The molecule has 2 aromatic rings. The Morgan fingerprint density at radius 2 is 2.12 bits per heavy atom. The van der Waals surface area contributed by atoms with E-state index in [9.17, 15) is 4.79 Å². The number of aromatic nitrogens is 1. The second kappa shape index (κ2) is 8.15. The van der Waals surface area contributed by atoms with Crippen LogP contribution in [0.15, 0.2) is 35.8 Å². The molecule has 0 N–H and O–H groups in total. The highest BCUT2D eigenvalue weighted by atomic mass is 32.1.